The van der Waals surface area contributed by atoms with E-state index < -0.39 is 11.7 Å². The zero-order valence-electron chi connectivity index (χ0n) is 9.11. The van der Waals surface area contributed by atoms with Gasteiger partial charge in [-0.1, -0.05) is 0 Å². The summed E-state index contributed by atoms with van der Waals surface area (Å²) in [6.45, 7) is 0. The zero-order valence-corrected chi connectivity index (χ0v) is 9.11. The molecular formula is C12H9F3N2O. The Morgan fingerprint density at radius 1 is 1.06 bits per heavy atom. The fourth-order valence-corrected chi connectivity index (χ4v) is 1.33. The number of hydrogen-bond acceptors (Lipinski definition) is 3. The Balaban J connectivity index is 2.19. The van der Waals surface area contributed by atoms with Gasteiger partial charge in [-0.2, -0.15) is 13.2 Å². The normalized spacial score (nSPS) is 11.3. The lowest BCUT2D eigenvalue weighted by molar-refractivity contribution is -0.137. The van der Waals surface area contributed by atoms with Crippen LogP contribution in [0.25, 0.3) is 0 Å². The van der Waals surface area contributed by atoms with Gasteiger partial charge in [0.2, 0.25) is 0 Å². The molecule has 1 aromatic carbocycles. The van der Waals surface area contributed by atoms with Gasteiger partial charge in [0.15, 0.2) is 11.6 Å². The van der Waals surface area contributed by atoms with Gasteiger partial charge in [0, 0.05) is 6.20 Å². The summed E-state index contributed by atoms with van der Waals surface area (Å²) in [5.41, 5.74) is 4.82. The van der Waals surface area contributed by atoms with E-state index in [1.807, 2.05) is 0 Å². The molecule has 2 N–H and O–H groups in total. The van der Waals surface area contributed by atoms with E-state index in [0.717, 1.165) is 12.1 Å². The monoisotopic (exact) mass is 254 g/mol. The Hall–Kier alpha value is -2.24. The average Bonchev–Trinajstić information content (AvgIpc) is 2.32. The van der Waals surface area contributed by atoms with Gasteiger partial charge in [-0.15, -0.1) is 0 Å². The van der Waals surface area contributed by atoms with E-state index in [0.29, 0.717) is 5.75 Å². The largest absolute Gasteiger partial charge is 0.453 e. The van der Waals surface area contributed by atoms with Crippen molar-refractivity contribution in [1.29, 1.82) is 0 Å². The number of rotatable bonds is 2. The minimum Gasteiger partial charge on any atom is -0.453 e. The molecule has 2 aromatic rings. The molecule has 0 radical (unpaired) electrons. The summed E-state index contributed by atoms with van der Waals surface area (Å²) in [6, 6.07) is 7.56. The Morgan fingerprint density at radius 3 is 2.28 bits per heavy atom. The third-order valence-electron chi connectivity index (χ3n) is 2.21. The number of alkyl halides is 3. The van der Waals surface area contributed by atoms with Crippen LogP contribution in [-0.4, -0.2) is 4.98 Å². The second kappa shape index (κ2) is 4.56. The van der Waals surface area contributed by atoms with Crippen molar-refractivity contribution in [2.45, 2.75) is 6.18 Å². The number of aromatic nitrogens is 1. The van der Waals surface area contributed by atoms with Gasteiger partial charge in [0.1, 0.15) is 5.75 Å². The first kappa shape index (κ1) is 12.2. The molecule has 0 saturated heterocycles. The molecule has 0 aliphatic carbocycles. The van der Waals surface area contributed by atoms with Crippen molar-refractivity contribution in [2.75, 3.05) is 5.73 Å². The zero-order chi connectivity index (χ0) is 13.2. The van der Waals surface area contributed by atoms with Crippen LogP contribution in [0.1, 0.15) is 5.56 Å². The van der Waals surface area contributed by atoms with Crippen LogP contribution >= 0.6 is 0 Å². The maximum absolute atomic E-state index is 12.3. The van der Waals surface area contributed by atoms with Crippen LogP contribution in [0.2, 0.25) is 0 Å². The minimum atomic E-state index is -4.36. The SMILES string of the molecule is Nc1ncccc1Oc1ccc(C(F)(F)F)cc1. The predicted octanol–water partition coefficient (Wildman–Crippen LogP) is 3.47. The molecule has 1 aromatic heterocycles. The Bertz CT molecular complexity index is 538. The van der Waals surface area contributed by atoms with Gasteiger partial charge in [-0.3, -0.25) is 0 Å². The molecule has 0 saturated carbocycles. The summed E-state index contributed by atoms with van der Waals surface area (Å²) in [7, 11) is 0. The molecule has 0 amide bonds. The molecule has 0 spiro atoms. The van der Waals surface area contributed by atoms with Gasteiger partial charge in [0.05, 0.1) is 5.56 Å². The fraction of sp³-hybridized carbons (Fsp3) is 0.0833. The number of pyridine rings is 1. The van der Waals surface area contributed by atoms with Crippen molar-refractivity contribution in [2.24, 2.45) is 0 Å². The molecule has 3 nitrogen and oxygen atoms in total. The third kappa shape index (κ3) is 2.71. The number of anilines is 1. The Morgan fingerprint density at radius 2 is 1.72 bits per heavy atom. The second-order valence-corrected chi connectivity index (χ2v) is 3.51. The van der Waals surface area contributed by atoms with Crippen molar-refractivity contribution in [3.8, 4) is 11.5 Å². The van der Waals surface area contributed by atoms with E-state index in [9.17, 15) is 13.2 Å². The van der Waals surface area contributed by atoms with Crippen LogP contribution < -0.4 is 10.5 Å². The number of benzene rings is 1. The minimum absolute atomic E-state index is 0.178. The van der Waals surface area contributed by atoms with Crippen molar-refractivity contribution in [3.05, 3.63) is 48.2 Å². The Labute approximate surface area is 101 Å². The van der Waals surface area contributed by atoms with Crippen LogP contribution in [0.15, 0.2) is 42.6 Å². The lowest BCUT2D eigenvalue weighted by Crippen LogP contribution is -2.04. The Kier molecular flexibility index (Phi) is 3.10. The highest BCUT2D eigenvalue weighted by Crippen LogP contribution is 2.32. The summed E-state index contributed by atoms with van der Waals surface area (Å²) in [4.78, 5) is 3.80. The summed E-state index contributed by atoms with van der Waals surface area (Å²) < 4.78 is 42.3. The number of halogens is 3. The molecule has 6 heteroatoms. The third-order valence-corrected chi connectivity index (χ3v) is 2.21. The number of nitrogens with zero attached hydrogens (tertiary/aromatic N) is 1. The van der Waals surface area contributed by atoms with Crippen LogP contribution in [0.5, 0.6) is 11.5 Å². The first-order chi connectivity index (χ1) is 8.47. The molecule has 0 aliphatic rings. The highest BCUT2D eigenvalue weighted by atomic mass is 19.4. The number of ether oxygens (including phenoxy) is 1. The topological polar surface area (TPSA) is 48.1 Å². The maximum atomic E-state index is 12.3. The first-order valence-corrected chi connectivity index (χ1v) is 5.02. The van der Waals surface area contributed by atoms with E-state index in [1.54, 1.807) is 12.1 Å². The van der Waals surface area contributed by atoms with Crippen molar-refractivity contribution in [3.63, 3.8) is 0 Å². The van der Waals surface area contributed by atoms with Gasteiger partial charge in [0.25, 0.3) is 0 Å². The van der Waals surface area contributed by atoms with Crippen LogP contribution in [0.4, 0.5) is 19.0 Å². The molecule has 1 heterocycles. The molecule has 94 valence electrons. The summed E-state index contributed by atoms with van der Waals surface area (Å²) in [5.74, 6) is 0.748. The molecule has 2 rings (SSSR count). The summed E-state index contributed by atoms with van der Waals surface area (Å²) in [5, 5.41) is 0. The van der Waals surface area contributed by atoms with Gasteiger partial charge < -0.3 is 10.5 Å². The molecule has 0 fully saturated rings. The quantitative estimate of drug-likeness (QED) is 0.892. The molecule has 0 bridgehead atoms. The highest BCUT2D eigenvalue weighted by molar-refractivity contribution is 5.47. The van der Waals surface area contributed by atoms with E-state index in [4.69, 9.17) is 10.5 Å². The smallest absolute Gasteiger partial charge is 0.416 e. The standard InChI is InChI=1S/C12H9F3N2O/c13-12(14,15)8-3-5-9(6-4-8)18-10-2-1-7-17-11(10)16/h1-7H,(H2,16,17). The van der Waals surface area contributed by atoms with E-state index in [-0.39, 0.29) is 11.6 Å². The van der Waals surface area contributed by atoms with E-state index in [2.05, 4.69) is 4.98 Å². The molecule has 0 atom stereocenters. The first-order valence-electron chi connectivity index (χ1n) is 5.02. The maximum Gasteiger partial charge on any atom is 0.416 e. The van der Waals surface area contributed by atoms with E-state index in [1.165, 1.54) is 18.3 Å². The number of nitrogen functional groups attached to an aromatic ring is 1. The van der Waals surface area contributed by atoms with Crippen molar-refractivity contribution in [1.82, 2.24) is 4.98 Å². The van der Waals surface area contributed by atoms with Gasteiger partial charge in [-0.25, -0.2) is 4.98 Å². The van der Waals surface area contributed by atoms with Crippen LogP contribution in [-0.2, 0) is 6.18 Å². The molecular weight excluding hydrogens is 245 g/mol. The highest BCUT2D eigenvalue weighted by Gasteiger charge is 2.30. The van der Waals surface area contributed by atoms with Gasteiger partial charge in [-0.05, 0) is 36.4 Å². The van der Waals surface area contributed by atoms with Gasteiger partial charge >= 0.3 is 6.18 Å². The predicted molar refractivity (Wildman–Crippen MR) is 60.2 cm³/mol. The van der Waals surface area contributed by atoms with Crippen LogP contribution in [0.3, 0.4) is 0 Å². The van der Waals surface area contributed by atoms with Crippen molar-refractivity contribution < 1.29 is 17.9 Å². The van der Waals surface area contributed by atoms with E-state index >= 15 is 0 Å². The lowest BCUT2D eigenvalue weighted by atomic mass is 10.2. The summed E-state index contributed by atoms with van der Waals surface area (Å²) >= 11 is 0. The number of nitrogens with two attached hydrogens (primary N) is 1. The average molecular weight is 254 g/mol. The molecule has 18 heavy (non-hydrogen) atoms. The fourth-order valence-electron chi connectivity index (χ4n) is 1.33. The molecule has 0 unspecified atom stereocenters. The lowest BCUT2D eigenvalue weighted by Gasteiger charge is -2.09. The summed E-state index contributed by atoms with van der Waals surface area (Å²) in [6.07, 6.45) is -2.86. The number of hydrogen-bond donors (Lipinski definition) is 1. The second-order valence-electron chi connectivity index (χ2n) is 3.51. The van der Waals surface area contributed by atoms with Crippen LogP contribution in [0, 0.1) is 0 Å². The van der Waals surface area contributed by atoms with Crippen molar-refractivity contribution >= 4 is 5.82 Å². The molecule has 0 aliphatic heterocycles.